The van der Waals surface area contributed by atoms with Crippen molar-refractivity contribution in [3.05, 3.63) is 64.1 Å². The lowest BCUT2D eigenvalue weighted by Crippen LogP contribution is -2.33. The van der Waals surface area contributed by atoms with Crippen molar-refractivity contribution in [1.29, 1.82) is 0 Å². The van der Waals surface area contributed by atoms with Gasteiger partial charge in [0.1, 0.15) is 5.75 Å². The van der Waals surface area contributed by atoms with Crippen LogP contribution in [0.15, 0.2) is 53.0 Å². The van der Waals surface area contributed by atoms with Crippen LogP contribution < -0.4 is 10.1 Å². The van der Waals surface area contributed by atoms with E-state index in [1.165, 1.54) is 24.0 Å². The molecule has 1 fully saturated rings. The first kappa shape index (κ1) is 16.1. The molecule has 0 unspecified atom stereocenters. The van der Waals surface area contributed by atoms with Crippen LogP contribution in [0.4, 0.5) is 0 Å². The van der Waals surface area contributed by atoms with Crippen molar-refractivity contribution in [3.8, 4) is 5.75 Å². The maximum Gasteiger partial charge on any atom is 0.258 e. The van der Waals surface area contributed by atoms with Crippen LogP contribution in [-0.2, 0) is 4.79 Å². The molecule has 3 nitrogen and oxygen atoms in total. The van der Waals surface area contributed by atoms with Gasteiger partial charge in [-0.1, -0.05) is 45.8 Å². The highest BCUT2D eigenvalue weighted by Gasteiger charge is 2.33. The molecule has 0 bridgehead atoms. The summed E-state index contributed by atoms with van der Waals surface area (Å²) in [7, 11) is 0. The van der Waals surface area contributed by atoms with Crippen LogP contribution in [0.5, 0.6) is 5.75 Å². The second-order valence-electron chi connectivity index (χ2n) is 6.04. The number of benzene rings is 2. The Kier molecular flexibility index (Phi) is 5.01. The zero-order chi connectivity index (χ0) is 16.2. The van der Waals surface area contributed by atoms with Crippen molar-refractivity contribution in [2.75, 3.05) is 6.61 Å². The van der Waals surface area contributed by atoms with E-state index in [1.54, 1.807) is 0 Å². The van der Waals surface area contributed by atoms with E-state index in [0.717, 1.165) is 4.47 Å². The highest BCUT2D eigenvalue weighted by Crippen LogP contribution is 2.41. The molecule has 0 saturated heterocycles. The lowest BCUT2D eigenvalue weighted by atomic mass is 10.0. The molecule has 2 aromatic carbocycles. The van der Waals surface area contributed by atoms with Crippen LogP contribution in [0.3, 0.4) is 0 Å². The first-order valence-corrected chi connectivity index (χ1v) is 8.65. The van der Waals surface area contributed by atoms with Gasteiger partial charge in [0.25, 0.3) is 5.91 Å². The van der Waals surface area contributed by atoms with E-state index < -0.39 is 0 Å². The highest BCUT2D eigenvalue weighted by atomic mass is 79.9. The summed E-state index contributed by atoms with van der Waals surface area (Å²) in [5, 5.41) is 3.12. The number of hydrogen-bond acceptors (Lipinski definition) is 2. The molecule has 2 aromatic rings. The van der Waals surface area contributed by atoms with Gasteiger partial charge < -0.3 is 10.1 Å². The van der Waals surface area contributed by atoms with Gasteiger partial charge in [-0.2, -0.15) is 0 Å². The topological polar surface area (TPSA) is 38.3 Å². The number of nitrogens with one attached hydrogen (secondary N) is 1. The largest absolute Gasteiger partial charge is 0.484 e. The van der Waals surface area contributed by atoms with E-state index in [1.807, 2.05) is 24.3 Å². The van der Waals surface area contributed by atoms with Crippen LogP contribution >= 0.6 is 15.9 Å². The maximum atomic E-state index is 12.2. The van der Waals surface area contributed by atoms with Crippen molar-refractivity contribution >= 4 is 21.8 Å². The third-order valence-electron chi connectivity index (χ3n) is 4.03. The van der Waals surface area contributed by atoms with Gasteiger partial charge in [-0.25, -0.2) is 0 Å². The molecule has 1 saturated carbocycles. The van der Waals surface area contributed by atoms with Crippen LogP contribution in [0.25, 0.3) is 0 Å². The van der Waals surface area contributed by atoms with E-state index in [0.29, 0.717) is 11.7 Å². The highest BCUT2D eigenvalue weighted by molar-refractivity contribution is 9.10. The number of halogens is 1. The molecule has 1 aliphatic carbocycles. The summed E-state index contributed by atoms with van der Waals surface area (Å²) in [6.07, 6.45) is 2.35. The first-order valence-electron chi connectivity index (χ1n) is 7.86. The van der Waals surface area contributed by atoms with Gasteiger partial charge in [0.2, 0.25) is 0 Å². The Morgan fingerprint density at radius 1 is 1.17 bits per heavy atom. The molecule has 4 heteroatoms. The number of ether oxygens (including phenoxy) is 1. The minimum absolute atomic E-state index is 0.0384. The van der Waals surface area contributed by atoms with E-state index >= 15 is 0 Å². The minimum atomic E-state index is -0.0783. The lowest BCUT2D eigenvalue weighted by Gasteiger charge is -2.19. The molecule has 1 amide bonds. The zero-order valence-corrected chi connectivity index (χ0v) is 14.7. The number of amides is 1. The number of carbonyl (C=O) groups is 1. The third-order valence-corrected chi connectivity index (χ3v) is 4.56. The van der Waals surface area contributed by atoms with Gasteiger partial charge >= 0.3 is 0 Å². The Morgan fingerprint density at radius 2 is 1.83 bits per heavy atom. The standard InChI is InChI=1S/C19H20BrNO2/c1-13-2-4-14(5-3-13)19(15-6-7-15)21-18(22)12-23-17-10-8-16(20)9-11-17/h2-5,8-11,15,19H,6-7,12H2,1H3,(H,21,22)/t19-/m0/s1. The molecular weight excluding hydrogens is 354 g/mol. The maximum absolute atomic E-state index is 12.2. The second-order valence-corrected chi connectivity index (χ2v) is 6.95. The van der Waals surface area contributed by atoms with Gasteiger partial charge in [-0.3, -0.25) is 4.79 Å². The van der Waals surface area contributed by atoms with Crippen LogP contribution in [0.2, 0.25) is 0 Å². The molecule has 3 rings (SSSR count). The molecule has 0 radical (unpaired) electrons. The molecule has 0 heterocycles. The molecule has 0 aromatic heterocycles. The lowest BCUT2D eigenvalue weighted by molar-refractivity contribution is -0.124. The average Bonchev–Trinajstić information content (AvgIpc) is 3.38. The van der Waals surface area contributed by atoms with Gasteiger partial charge in [0, 0.05) is 4.47 Å². The summed E-state index contributed by atoms with van der Waals surface area (Å²) >= 11 is 3.38. The molecule has 1 N–H and O–H groups in total. The van der Waals surface area contributed by atoms with E-state index in [2.05, 4.69) is 52.4 Å². The van der Waals surface area contributed by atoms with Gasteiger partial charge in [-0.05, 0) is 55.5 Å². The summed E-state index contributed by atoms with van der Waals surface area (Å²) in [6, 6.07) is 16.0. The second kappa shape index (κ2) is 7.18. The van der Waals surface area contributed by atoms with Crippen molar-refractivity contribution in [2.24, 2.45) is 5.92 Å². The van der Waals surface area contributed by atoms with Crippen LogP contribution in [0.1, 0.15) is 30.0 Å². The first-order chi connectivity index (χ1) is 11.1. The summed E-state index contributed by atoms with van der Waals surface area (Å²) in [5.74, 6) is 1.17. The van der Waals surface area contributed by atoms with Gasteiger partial charge in [0.15, 0.2) is 6.61 Å². The van der Waals surface area contributed by atoms with E-state index in [4.69, 9.17) is 4.74 Å². The van der Waals surface area contributed by atoms with Crippen molar-refractivity contribution in [1.82, 2.24) is 5.32 Å². The van der Waals surface area contributed by atoms with Crippen molar-refractivity contribution < 1.29 is 9.53 Å². The number of rotatable bonds is 6. The molecule has 120 valence electrons. The summed E-state index contributed by atoms with van der Waals surface area (Å²) in [5.41, 5.74) is 2.41. The van der Waals surface area contributed by atoms with E-state index in [9.17, 15) is 4.79 Å². The summed E-state index contributed by atoms with van der Waals surface area (Å²) in [4.78, 5) is 12.2. The average molecular weight is 374 g/mol. The Labute approximate surface area is 145 Å². The molecule has 0 aliphatic heterocycles. The Morgan fingerprint density at radius 3 is 2.43 bits per heavy atom. The normalized spacial score (nSPS) is 15.0. The summed E-state index contributed by atoms with van der Waals surface area (Å²) < 4.78 is 6.53. The van der Waals surface area contributed by atoms with Crippen LogP contribution in [0, 0.1) is 12.8 Å². The van der Waals surface area contributed by atoms with Crippen molar-refractivity contribution in [2.45, 2.75) is 25.8 Å². The Bertz CT molecular complexity index is 663. The monoisotopic (exact) mass is 373 g/mol. The fourth-order valence-electron chi connectivity index (χ4n) is 2.57. The predicted octanol–water partition coefficient (Wildman–Crippen LogP) is 4.40. The van der Waals surface area contributed by atoms with Gasteiger partial charge in [0.05, 0.1) is 6.04 Å². The molecule has 1 atom stereocenters. The zero-order valence-electron chi connectivity index (χ0n) is 13.1. The SMILES string of the molecule is Cc1ccc([C@H](NC(=O)COc2ccc(Br)cc2)C2CC2)cc1. The Balaban J connectivity index is 1.58. The van der Waals surface area contributed by atoms with Crippen molar-refractivity contribution in [3.63, 3.8) is 0 Å². The smallest absolute Gasteiger partial charge is 0.258 e. The molecule has 0 spiro atoms. The fraction of sp³-hybridized carbons (Fsp3) is 0.316. The quantitative estimate of drug-likeness (QED) is 0.814. The van der Waals surface area contributed by atoms with Gasteiger partial charge in [-0.15, -0.1) is 0 Å². The predicted molar refractivity (Wildman–Crippen MR) is 94.4 cm³/mol. The van der Waals surface area contributed by atoms with E-state index in [-0.39, 0.29) is 18.6 Å². The Hall–Kier alpha value is -1.81. The fourth-order valence-corrected chi connectivity index (χ4v) is 2.84. The van der Waals surface area contributed by atoms with Crippen LogP contribution in [-0.4, -0.2) is 12.5 Å². The minimum Gasteiger partial charge on any atom is -0.484 e. The number of carbonyl (C=O) groups excluding carboxylic acids is 1. The molecular formula is C19H20BrNO2. The molecule has 23 heavy (non-hydrogen) atoms. The number of aryl methyl sites for hydroxylation is 1. The molecule has 1 aliphatic rings. The third kappa shape index (κ3) is 4.58. The summed E-state index contributed by atoms with van der Waals surface area (Å²) in [6.45, 7) is 2.11. The number of hydrogen-bond donors (Lipinski definition) is 1.